The first kappa shape index (κ1) is 12.7. The number of aliphatic hydroxyl groups is 1. The highest BCUT2D eigenvalue weighted by molar-refractivity contribution is 9.10. The number of benzene rings is 1. The van der Waals surface area contributed by atoms with Crippen molar-refractivity contribution in [3.05, 3.63) is 63.9 Å². The molecule has 0 radical (unpaired) electrons. The van der Waals surface area contributed by atoms with Crippen LogP contribution in [0, 0.1) is 11.3 Å². The smallest absolute Gasteiger partial charge is 0.0991 e. The molecule has 0 aliphatic rings. The van der Waals surface area contributed by atoms with Gasteiger partial charge in [0.1, 0.15) is 0 Å². The van der Waals surface area contributed by atoms with Crippen LogP contribution in [0.2, 0.25) is 0 Å². The summed E-state index contributed by atoms with van der Waals surface area (Å²) in [6.07, 6.45) is 1.49. The molecule has 0 saturated heterocycles. The predicted molar refractivity (Wildman–Crippen MR) is 71.8 cm³/mol. The van der Waals surface area contributed by atoms with Crippen molar-refractivity contribution >= 4 is 15.9 Å². The van der Waals surface area contributed by atoms with Gasteiger partial charge in [0, 0.05) is 22.8 Å². The van der Waals surface area contributed by atoms with Gasteiger partial charge < -0.3 is 5.11 Å². The van der Waals surface area contributed by atoms with Gasteiger partial charge >= 0.3 is 0 Å². The van der Waals surface area contributed by atoms with Gasteiger partial charge in [0.2, 0.25) is 0 Å². The van der Waals surface area contributed by atoms with E-state index in [2.05, 4.69) is 27.0 Å². The average Bonchev–Trinajstić information content (AvgIpc) is 2.41. The van der Waals surface area contributed by atoms with Crippen LogP contribution in [-0.2, 0) is 6.42 Å². The molecule has 90 valence electrons. The third-order valence-corrected chi connectivity index (χ3v) is 3.06. The molecule has 0 fully saturated rings. The highest BCUT2D eigenvalue weighted by atomic mass is 79.9. The van der Waals surface area contributed by atoms with Crippen LogP contribution >= 0.6 is 15.9 Å². The van der Waals surface area contributed by atoms with E-state index >= 15 is 0 Å². The van der Waals surface area contributed by atoms with Gasteiger partial charge in [-0.15, -0.1) is 0 Å². The van der Waals surface area contributed by atoms with Crippen molar-refractivity contribution < 1.29 is 5.11 Å². The van der Waals surface area contributed by atoms with E-state index in [9.17, 15) is 5.11 Å². The number of hydrogen-bond donors (Lipinski definition) is 1. The van der Waals surface area contributed by atoms with Crippen molar-refractivity contribution in [2.24, 2.45) is 0 Å². The standard InChI is InChI=1S/C14H11BrN2O/c15-12-4-5-13(17-9-12)7-14(18)11-3-1-2-10(6-11)8-16/h1-6,9,14,18H,7H2. The van der Waals surface area contributed by atoms with Gasteiger partial charge in [0.15, 0.2) is 0 Å². The van der Waals surface area contributed by atoms with E-state index in [-0.39, 0.29) is 0 Å². The summed E-state index contributed by atoms with van der Waals surface area (Å²) in [6.45, 7) is 0. The van der Waals surface area contributed by atoms with Gasteiger partial charge in [-0.2, -0.15) is 5.26 Å². The molecule has 3 nitrogen and oxygen atoms in total. The third-order valence-electron chi connectivity index (χ3n) is 2.59. The largest absolute Gasteiger partial charge is 0.388 e. The summed E-state index contributed by atoms with van der Waals surface area (Å²) in [6, 6.07) is 12.8. The quantitative estimate of drug-likeness (QED) is 0.948. The average molecular weight is 303 g/mol. The number of rotatable bonds is 3. The molecule has 4 heteroatoms. The summed E-state index contributed by atoms with van der Waals surface area (Å²) in [7, 11) is 0. The van der Waals surface area contributed by atoms with Crippen molar-refractivity contribution in [1.82, 2.24) is 4.98 Å². The predicted octanol–water partition coefficient (Wildman–Crippen LogP) is 2.99. The van der Waals surface area contributed by atoms with Gasteiger partial charge in [-0.3, -0.25) is 4.98 Å². The fourth-order valence-electron chi connectivity index (χ4n) is 1.66. The Hall–Kier alpha value is -1.70. The van der Waals surface area contributed by atoms with E-state index in [1.165, 1.54) is 0 Å². The van der Waals surface area contributed by atoms with Gasteiger partial charge in [0.05, 0.1) is 17.7 Å². The number of aromatic nitrogens is 1. The van der Waals surface area contributed by atoms with Crippen molar-refractivity contribution in [3.63, 3.8) is 0 Å². The lowest BCUT2D eigenvalue weighted by molar-refractivity contribution is 0.177. The fraction of sp³-hybridized carbons (Fsp3) is 0.143. The zero-order valence-corrected chi connectivity index (χ0v) is 11.1. The zero-order chi connectivity index (χ0) is 13.0. The molecule has 2 rings (SSSR count). The molecular formula is C14H11BrN2O. The summed E-state index contributed by atoms with van der Waals surface area (Å²) in [4.78, 5) is 4.21. The van der Waals surface area contributed by atoms with E-state index in [1.54, 1.807) is 24.4 Å². The van der Waals surface area contributed by atoms with E-state index in [4.69, 9.17) is 5.26 Å². The molecule has 1 heterocycles. The monoisotopic (exact) mass is 302 g/mol. The topological polar surface area (TPSA) is 56.9 Å². The van der Waals surface area contributed by atoms with E-state index in [0.717, 1.165) is 15.7 Å². The molecule has 0 spiro atoms. The van der Waals surface area contributed by atoms with Crippen molar-refractivity contribution in [3.8, 4) is 6.07 Å². The van der Waals surface area contributed by atoms with Crippen LogP contribution in [-0.4, -0.2) is 10.1 Å². The molecule has 1 atom stereocenters. The maximum atomic E-state index is 10.1. The van der Waals surface area contributed by atoms with Crippen molar-refractivity contribution in [2.75, 3.05) is 0 Å². The third kappa shape index (κ3) is 3.16. The van der Waals surface area contributed by atoms with E-state index in [0.29, 0.717) is 12.0 Å². The van der Waals surface area contributed by atoms with Gasteiger partial charge in [-0.05, 0) is 45.8 Å². The molecule has 18 heavy (non-hydrogen) atoms. The molecular weight excluding hydrogens is 292 g/mol. The second-order valence-corrected chi connectivity index (χ2v) is 4.84. The van der Waals surface area contributed by atoms with Crippen molar-refractivity contribution in [1.29, 1.82) is 5.26 Å². The Labute approximate surface area is 114 Å². The molecule has 1 aromatic heterocycles. The first-order valence-electron chi connectivity index (χ1n) is 5.47. The van der Waals surface area contributed by atoms with Crippen LogP contribution < -0.4 is 0 Å². The van der Waals surface area contributed by atoms with E-state index < -0.39 is 6.10 Å². The van der Waals surface area contributed by atoms with Crippen molar-refractivity contribution in [2.45, 2.75) is 12.5 Å². The minimum Gasteiger partial charge on any atom is -0.388 e. The van der Waals surface area contributed by atoms with Crippen LogP contribution in [0.3, 0.4) is 0 Å². The highest BCUT2D eigenvalue weighted by Gasteiger charge is 2.10. The maximum absolute atomic E-state index is 10.1. The molecule has 0 saturated carbocycles. The van der Waals surface area contributed by atoms with Crippen LogP contribution in [0.25, 0.3) is 0 Å². The first-order valence-corrected chi connectivity index (χ1v) is 6.27. The molecule has 2 aromatic rings. The van der Waals surface area contributed by atoms with Crippen LogP contribution in [0.4, 0.5) is 0 Å². The Balaban J connectivity index is 2.14. The van der Waals surface area contributed by atoms with Crippen LogP contribution in [0.5, 0.6) is 0 Å². The molecule has 0 aliphatic heterocycles. The number of hydrogen-bond acceptors (Lipinski definition) is 3. The molecule has 1 N–H and O–H groups in total. The summed E-state index contributed by atoms with van der Waals surface area (Å²) in [5.74, 6) is 0. The van der Waals surface area contributed by atoms with Gasteiger partial charge in [0.25, 0.3) is 0 Å². The summed E-state index contributed by atoms with van der Waals surface area (Å²) < 4.78 is 0.909. The van der Waals surface area contributed by atoms with E-state index in [1.807, 2.05) is 18.2 Å². The van der Waals surface area contributed by atoms with Gasteiger partial charge in [-0.1, -0.05) is 12.1 Å². The number of pyridine rings is 1. The van der Waals surface area contributed by atoms with Crippen LogP contribution in [0.15, 0.2) is 47.1 Å². The SMILES string of the molecule is N#Cc1cccc(C(O)Cc2ccc(Br)cn2)c1. The minimum absolute atomic E-state index is 0.433. The van der Waals surface area contributed by atoms with Crippen LogP contribution in [0.1, 0.15) is 22.9 Å². The second-order valence-electron chi connectivity index (χ2n) is 3.92. The molecule has 0 aliphatic carbocycles. The zero-order valence-electron chi connectivity index (χ0n) is 9.55. The normalized spacial score (nSPS) is 11.8. The molecule has 0 bridgehead atoms. The molecule has 0 amide bonds. The molecule has 1 aromatic carbocycles. The lowest BCUT2D eigenvalue weighted by Gasteiger charge is -2.10. The summed E-state index contributed by atoms with van der Waals surface area (Å²) in [5.41, 5.74) is 2.10. The number of aliphatic hydroxyl groups excluding tert-OH is 1. The summed E-state index contributed by atoms with van der Waals surface area (Å²) in [5, 5.41) is 18.9. The Morgan fingerprint density at radius 2 is 2.17 bits per heavy atom. The minimum atomic E-state index is -0.646. The number of halogens is 1. The Bertz CT molecular complexity index is 575. The van der Waals surface area contributed by atoms with Gasteiger partial charge in [-0.25, -0.2) is 0 Å². The lowest BCUT2D eigenvalue weighted by atomic mass is 10.0. The second kappa shape index (κ2) is 5.76. The fourth-order valence-corrected chi connectivity index (χ4v) is 1.89. The Morgan fingerprint density at radius 1 is 1.33 bits per heavy atom. The number of nitrogens with zero attached hydrogens (tertiary/aromatic N) is 2. The molecule has 1 unspecified atom stereocenters. The Kier molecular flexibility index (Phi) is 4.08. The maximum Gasteiger partial charge on any atom is 0.0991 e. The summed E-state index contributed by atoms with van der Waals surface area (Å²) >= 11 is 3.31. The first-order chi connectivity index (χ1) is 8.69. The lowest BCUT2D eigenvalue weighted by Crippen LogP contribution is -2.03. The highest BCUT2D eigenvalue weighted by Crippen LogP contribution is 2.19. The Morgan fingerprint density at radius 3 is 2.83 bits per heavy atom. The number of nitriles is 1.